The standard InChI is InChI=1S/C15H23ClN2O/c1-5-11(3)18(12(4)6-2)15(19)17-14-9-7-8-13(16)10-14/h7-12H,5-6H2,1-4H3,(H,17,19). The van der Waals surface area contributed by atoms with E-state index >= 15 is 0 Å². The number of carbonyl (C=O) groups is 1. The van der Waals surface area contributed by atoms with Gasteiger partial charge in [-0.15, -0.1) is 0 Å². The first-order chi connectivity index (χ1) is 8.99. The number of rotatable bonds is 5. The number of carbonyl (C=O) groups excluding carboxylic acids is 1. The van der Waals surface area contributed by atoms with Crippen LogP contribution in [0.5, 0.6) is 0 Å². The quantitative estimate of drug-likeness (QED) is 0.829. The van der Waals surface area contributed by atoms with Crippen molar-refractivity contribution >= 4 is 23.3 Å². The van der Waals surface area contributed by atoms with Crippen molar-refractivity contribution in [3.63, 3.8) is 0 Å². The summed E-state index contributed by atoms with van der Waals surface area (Å²) in [6.45, 7) is 8.33. The molecule has 1 aromatic rings. The van der Waals surface area contributed by atoms with E-state index in [2.05, 4.69) is 33.0 Å². The lowest BCUT2D eigenvalue weighted by Crippen LogP contribution is -2.46. The van der Waals surface area contributed by atoms with Gasteiger partial charge in [0.2, 0.25) is 0 Å². The summed E-state index contributed by atoms with van der Waals surface area (Å²) in [7, 11) is 0. The average Bonchev–Trinajstić information content (AvgIpc) is 2.38. The topological polar surface area (TPSA) is 32.3 Å². The summed E-state index contributed by atoms with van der Waals surface area (Å²) in [5, 5.41) is 3.54. The third-order valence-corrected chi connectivity index (χ3v) is 3.68. The SMILES string of the molecule is CCC(C)N(C(=O)Nc1cccc(Cl)c1)C(C)CC. The molecule has 1 aromatic carbocycles. The zero-order chi connectivity index (χ0) is 14.4. The maximum atomic E-state index is 12.4. The van der Waals surface area contributed by atoms with Crippen molar-refractivity contribution in [3.05, 3.63) is 29.3 Å². The number of anilines is 1. The van der Waals surface area contributed by atoms with Crippen molar-refractivity contribution in [2.45, 2.75) is 52.6 Å². The molecule has 0 saturated carbocycles. The molecule has 0 aliphatic rings. The molecule has 106 valence electrons. The molecule has 0 heterocycles. The van der Waals surface area contributed by atoms with Crippen LogP contribution in [0, 0.1) is 0 Å². The molecule has 2 unspecified atom stereocenters. The number of nitrogens with zero attached hydrogens (tertiary/aromatic N) is 1. The van der Waals surface area contributed by atoms with Crippen LogP contribution in [0.25, 0.3) is 0 Å². The predicted molar refractivity (Wildman–Crippen MR) is 81.8 cm³/mol. The highest BCUT2D eigenvalue weighted by Crippen LogP contribution is 2.18. The maximum Gasteiger partial charge on any atom is 0.322 e. The average molecular weight is 283 g/mol. The molecule has 0 spiro atoms. The molecule has 2 atom stereocenters. The molecule has 2 amide bonds. The summed E-state index contributed by atoms with van der Waals surface area (Å²) in [6.07, 6.45) is 1.88. The Morgan fingerprint density at radius 3 is 2.32 bits per heavy atom. The second-order valence-electron chi connectivity index (χ2n) is 4.86. The maximum absolute atomic E-state index is 12.4. The molecular weight excluding hydrogens is 260 g/mol. The molecule has 1 rings (SSSR count). The van der Waals surface area contributed by atoms with Crippen LogP contribution in [-0.2, 0) is 0 Å². The smallest absolute Gasteiger partial charge is 0.319 e. The van der Waals surface area contributed by atoms with E-state index in [-0.39, 0.29) is 18.1 Å². The molecule has 4 heteroatoms. The zero-order valence-electron chi connectivity index (χ0n) is 12.1. The number of benzene rings is 1. The largest absolute Gasteiger partial charge is 0.322 e. The van der Waals surface area contributed by atoms with Crippen molar-refractivity contribution in [1.82, 2.24) is 4.90 Å². The van der Waals surface area contributed by atoms with Crippen molar-refractivity contribution in [2.24, 2.45) is 0 Å². The Balaban J connectivity index is 2.82. The van der Waals surface area contributed by atoms with Gasteiger partial charge >= 0.3 is 6.03 Å². The van der Waals surface area contributed by atoms with Crippen LogP contribution < -0.4 is 5.32 Å². The first-order valence-electron chi connectivity index (χ1n) is 6.84. The molecule has 19 heavy (non-hydrogen) atoms. The summed E-state index contributed by atoms with van der Waals surface area (Å²) in [5.41, 5.74) is 0.731. The van der Waals surface area contributed by atoms with Crippen LogP contribution >= 0.6 is 11.6 Å². The molecule has 0 radical (unpaired) electrons. The van der Waals surface area contributed by atoms with E-state index in [0.717, 1.165) is 18.5 Å². The van der Waals surface area contributed by atoms with Gasteiger partial charge in [-0.3, -0.25) is 0 Å². The summed E-state index contributed by atoms with van der Waals surface area (Å²) in [6, 6.07) is 7.59. The fraction of sp³-hybridized carbons (Fsp3) is 0.533. The van der Waals surface area contributed by atoms with Crippen LogP contribution in [0.3, 0.4) is 0 Å². The van der Waals surface area contributed by atoms with Gasteiger partial charge < -0.3 is 10.2 Å². The van der Waals surface area contributed by atoms with Crippen LogP contribution in [0.1, 0.15) is 40.5 Å². The van der Waals surface area contributed by atoms with Crippen molar-refractivity contribution in [2.75, 3.05) is 5.32 Å². The van der Waals surface area contributed by atoms with Gasteiger partial charge in [0.1, 0.15) is 0 Å². The monoisotopic (exact) mass is 282 g/mol. The van der Waals surface area contributed by atoms with E-state index < -0.39 is 0 Å². The lowest BCUT2D eigenvalue weighted by molar-refractivity contribution is 0.163. The van der Waals surface area contributed by atoms with Crippen LogP contribution in [0.2, 0.25) is 5.02 Å². The van der Waals surface area contributed by atoms with Crippen LogP contribution in [-0.4, -0.2) is 23.0 Å². The lowest BCUT2D eigenvalue weighted by atomic mass is 10.1. The van der Waals surface area contributed by atoms with Gasteiger partial charge in [-0.2, -0.15) is 0 Å². The minimum Gasteiger partial charge on any atom is -0.319 e. The van der Waals surface area contributed by atoms with Gasteiger partial charge in [0.05, 0.1) is 0 Å². The number of hydrogen-bond acceptors (Lipinski definition) is 1. The first kappa shape index (κ1) is 15.8. The predicted octanol–water partition coefficient (Wildman–Crippen LogP) is 4.77. The number of hydrogen-bond donors (Lipinski definition) is 1. The van der Waals surface area contributed by atoms with Gasteiger partial charge in [0, 0.05) is 22.8 Å². The minimum atomic E-state index is -0.0639. The summed E-state index contributed by atoms with van der Waals surface area (Å²) in [4.78, 5) is 14.3. The molecule has 0 saturated heterocycles. The molecule has 3 nitrogen and oxygen atoms in total. The van der Waals surface area contributed by atoms with Crippen LogP contribution in [0.15, 0.2) is 24.3 Å². The van der Waals surface area contributed by atoms with E-state index in [9.17, 15) is 4.79 Å². The van der Waals surface area contributed by atoms with E-state index in [1.165, 1.54) is 0 Å². The van der Waals surface area contributed by atoms with E-state index in [4.69, 9.17) is 11.6 Å². The van der Waals surface area contributed by atoms with Crippen molar-refractivity contribution < 1.29 is 4.79 Å². The molecule has 0 aliphatic heterocycles. The van der Waals surface area contributed by atoms with Crippen molar-refractivity contribution in [1.29, 1.82) is 0 Å². The Labute approximate surface area is 120 Å². The Hall–Kier alpha value is -1.22. The highest BCUT2D eigenvalue weighted by molar-refractivity contribution is 6.30. The van der Waals surface area contributed by atoms with Crippen LogP contribution in [0.4, 0.5) is 10.5 Å². The Bertz CT molecular complexity index is 412. The number of urea groups is 1. The zero-order valence-corrected chi connectivity index (χ0v) is 12.9. The summed E-state index contributed by atoms with van der Waals surface area (Å²) >= 11 is 5.92. The van der Waals surface area contributed by atoms with Gasteiger partial charge in [0.15, 0.2) is 0 Å². The second kappa shape index (κ2) is 7.39. The van der Waals surface area contributed by atoms with E-state index in [0.29, 0.717) is 5.02 Å². The molecule has 0 aliphatic carbocycles. The Morgan fingerprint density at radius 2 is 1.84 bits per heavy atom. The number of amides is 2. The van der Waals surface area contributed by atoms with E-state index in [1.807, 2.05) is 17.0 Å². The number of halogens is 1. The highest BCUT2D eigenvalue weighted by atomic mass is 35.5. The first-order valence-corrected chi connectivity index (χ1v) is 7.22. The van der Waals surface area contributed by atoms with Gasteiger partial charge in [0.25, 0.3) is 0 Å². The Morgan fingerprint density at radius 1 is 1.26 bits per heavy atom. The summed E-state index contributed by atoms with van der Waals surface area (Å²) < 4.78 is 0. The Kier molecular flexibility index (Phi) is 6.16. The third kappa shape index (κ3) is 4.43. The summed E-state index contributed by atoms with van der Waals surface area (Å²) in [5.74, 6) is 0. The molecular formula is C15H23ClN2O. The van der Waals surface area contributed by atoms with Crippen molar-refractivity contribution in [3.8, 4) is 0 Å². The van der Waals surface area contributed by atoms with E-state index in [1.54, 1.807) is 12.1 Å². The fourth-order valence-electron chi connectivity index (χ4n) is 1.98. The second-order valence-corrected chi connectivity index (χ2v) is 5.30. The number of nitrogens with one attached hydrogen (secondary N) is 1. The fourth-order valence-corrected chi connectivity index (χ4v) is 2.17. The third-order valence-electron chi connectivity index (χ3n) is 3.44. The van der Waals surface area contributed by atoms with Gasteiger partial charge in [-0.1, -0.05) is 31.5 Å². The van der Waals surface area contributed by atoms with Gasteiger partial charge in [-0.25, -0.2) is 4.79 Å². The minimum absolute atomic E-state index is 0.0639. The lowest BCUT2D eigenvalue weighted by Gasteiger charge is -2.34. The molecule has 0 aromatic heterocycles. The highest BCUT2D eigenvalue weighted by Gasteiger charge is 2.23. The molecule has 1 N–H and O–H groups in total. The molecule has 0 bridgehead atoms. The van der Waals surface area contributed by atoms with Gasteiger partial charge in [-0.05, 0) is 44.9 Å². The normalized spacial score (nSPS) is 13.7. The molecule has 0 fully saturated rings.